The van der Waals surface area contributed by atoms with Crippen molar-refractivity contribution in [1.29, 1.82) is 0 Å². The van der Waals surface area contributed by atoms with Gasteiger partial charge in [0.15, 0.2) is 0 Å². The first kappa shape index (κ1) is 16.2. The summed E-state index contributed by atoms with van der Waals surface area (Å²) < 4.78 is 0. The third kappa shape index (κ3) is 4.30. The molecular weight excluding hydrogens is 238 g/mol. The van der Waals surface area contributed by atoms with Crippen molar-refractivity contribution in [2.24, 2.45) is 0 Å². The predicted octanol–water partition coefficient (Wildman–Crippen LogP) is 1.83. The summed E-state index contributed by atoms with van der Waals surface area (Å²) in [5.74, 6) is 0. The molecule has 1 aromatic rings. The second kappa shape index (κ2) is 6.51. The van der Waals surface area contributed by atoms with Crippen molar-refractivity contribution in [2.45, 2.75) is 46.1 Å². The monoisotopic (exact) mass is 265 g/mol. The lowest BCUT2D eigenvalue weighted by Gasteiger charge is -2.29. The number of rotatable bonds is 6. The van der Waals surface area contributed by atoms with Crippen LogP contribution in [0.5, 0.6) is 0 Å². The maximum atomic E-state index is 9.35. The Labute approximate surface area is 116 Å². The summed E-state index contributed by atoms with van der Waals surface area (Å²) in [5, 5.41) is 21.4. The number of aliphatic hydroxyl groups excluding tert-OH is 2. The van der Waals surface area contributed by atoms with E-state index in [2.05, 4.69) is 52.1 Å². The van der Waals surface area contributed by atoms with Crippen molar-refractivity contribution in [3.63, 3.8) is 0 Å². The third-order valence-electron chi connectivity index (χ3n) is 3.73. The van der Waals surface area contributed by atoms with E-state index in [1.165, 1.54) is 22.3 Å². The van der Waals surface area contributed by atoms with Gasteiger partial charge in [0.05, 0.1) is 12.7 Å². The Morgan fingerprint density at radius 2 is 1.68 bits per heavy atom. The number of aryl methyl sites for hydroxylation is 3. The van der Waals surface area contributed by atoms with Crippen molar-refractivity contribution >= 4 is 0 Å². The van der Waals surface area contributed by atoms with Gasteiger partial charge in [-0.25, -0.2) is 0 Å². The van der Waals surface area contributed by atoms with Crippen LogP contribution in [0.15, 0.2) is 12.1 Å². The van der Waals surface area contributed by atoms with E-state index in [4.69, 9.17) is 5.11 Å². The number of benzene rings is 1. The minimum atomic E-state index is -0.684. The van der Waals surface area contributed by atoms with Crippen molar-refractivity contribution in [3.8, 4) is 0 Å². The maximum absolute atomic E-state index is 9.35. The quantitative estimate of drug-likeness (QED) is 0.735. The van der Waals surface area contributed by atoms with Crippen molar-refractivity contribution in [1.82, 2.24) is 5.32 Å². The largest absolute Gasteiger partial charge is 0.394 e. The molecule has 0 aromatic heterocycles. The minimum absolute atomic E-state index is 0.00226. The van der Waals surface area contributed by atoms with Gasteiger partial charge in [0.2, 0.25) is 0 Å². The number of aliphatic hydroxyl groups is 2. The van der Waals surface area contributed by atoms with Crippen LogP contribution in [-0.4, -0.2) is 36.0 Å². The molecule has 0 spiro atoms. The van der Waals surface area contributed by atoms with E-state index in [1.807, 2.05) is 0 Å². The molecule has 1 atom stereocenters. The fourth-order valence-electron chi connectivity index (χ4n) is 2.40. The molecule has 1 aromatic carbocycles. The Kier molecular flexibility index (Phi) is 5.53. The topological polar surface area (TPSA) is 52.5 Å². The maximum Gasteiger partial charge on any atom is 0.0894 e. The highest BCUT2D eigenvalue weighted by Gasteiger charge is 2.23. The van der Waals surface area contributed by atoms with Crippen LogP contribution >= 0.6 is 0 Å². The lowest BCUT2D eigenvalue weighted by molar-refractivity contribution is 0.0934. The molecule has 1 unspecified atom stereocenters. The van der Waals surface area contributed by atoms with Crippen LogP contribution < -0.4 is 5.32 Å². The van der Waals surface area contributed by atoms with Crippen molar-refractivity contribution in [3.05, 3.63) is 34.4 Å². The summed E-state index contributed by atoms with van der Waals surface area (Å²) >= 11 is 0. The van der Waals surface area contributed by atoms with E-state index < -0.39 is 6.10 Å². The van der Waals surface area contributed by atoms with Crippen LogP contribution in [-0.2, 0) is 5.41 Å². The van der Waals surface area contributed by atoms with E-state index in [0.29, 0.717) is 6.54 Å². The Hall–Kier alpha value is -0.900. The minimum Gasteiger partial charge on any atom is -0.394 e. The van der Waals surface area contributed by atoms with Crippen LogP contribution in [0, 0.1) is 20.8 Å². The van der Waals surface area contributed by atoms with Gasteiger partial charge in [-0.3, -0.25) is 0 Å². The molecular formula is C16H27NO2. The highest BCUT2D eigenvalue weighted by atomic mass is 16.3. The average Bonchev–Trinajstić information content (AvgIpc) is 2.33. The fourth-order valence-corrected chi connectivity index (χ4v) is 2.40. The van der Waals surface area contributed by atoms with Crippen LogP contribution in [0.25, 0.3) is 0 Å². The Morgan fingerprint density at radius 1 is 1.11 bits per heavy atom. The highest BCUT2D eigenvalue weighted by molar-refractivity contribution is 5.40. The molecule has 0 saturated heterocycles. The molecule has 19 heavy (non-hydrogen) atoms. The fraction of sp³-hybridized carbons (Fsp3) is 0.625. The van der Waals surface area contributed by atoms with E-state index in [1.54, 1.807) is 0 Å². The summed E-state index contributed by atoms with van der Waals surface area (Å²) in [6.07, 6.45) is -0.684. The first-order valence-corrected chi connectivity index (χ1v) is 6.86. The molecule has 0 saturated carbocycles. The third-order valence-corrected chi connectivity index (χ3v) is 3.73. The molecule has 0 heterocycles. The molecule has 0 fully saturated rings. The van der Waals surface area contributed by atoms with Crippen LogP contribution in [0.1, 0.15) is 36.1 Å². The van der Waals surface area contributed by atoms with E-state index >= 15 is 0 Å². The molecule has 0 amide bonds. The smallest absolute Gasteiger partial charge is 0.0894 e. The van der Waals surface area contributed by atoms with Gasteiger partial charge in [0, 0.05) is 18.5 Å². The first-order chi connectivity index (χ1) is 8.77. The van der Waals surface area contributed by atoms with Gasteiger partial charge in [-0.05, 0) is 43.0 Å². The molecule has 3 N–H and O–H groups in total. The summed E-state index contributed by atoms with van der Waals surface area (Å²) in [4.78, 5) is 0. The molecule has 0 radical (unpaired) electrons. The second-order valence-corrected chi connectivity index (χ2v) is 6.10. The van der Waals surface area contributed by atoms with Gasteiger partial charge in [-0.2, -0.15) is 0 Å². The average molecular weight is 265 g/mol. The van der Waals surface area contributed by atoms with Gasteiger partial charge >= 0.3 is 0 Å². The van der Waals surface area contributed by atoms with Crippen molar-refractivity contribution < 1.29 is 10.2 Å². The Bertz CT molecular complexity index is 427. The zero-order chi connectivity index (χ0) is 14.6. The lowest BCUT2D eigenvalue weighted by Crippen LogP contribution is -2.38. The predicted molar refractivity (Wildman–Crippen MR) is 79.6 cm³/mol. The molecule has 3 heteroatoms. The standard InChI is InChI=1S/C16H27NO2/c1-11-6-13(3)15(7-12(11)2)16(4,5)10-17-8-14(19)9-18/h6-7,14,17-19H,8-10H2,1-5H3. The summed E-state index contributed by atoms with van der Waals surface area (Å²) in [7, 11) is 0. The Balaban J connectivity index is 2.79. The molecule has 0 aliphatic rings. The molecule has 0 bridgehead atoms. The molecule has 108 valence electrons. The van der Waals surface area contributed by atoms with Gasteiger partial charge < -0.3 is 15.5 Å². The van der Waals surface area contributed by atoms with Gasteiger partial charge in [0.25, 0.3) is 0 Å². The second-order valence-electron chi connectivity index (χ2n) is 6.10. The van der Waals surface area contributed by atoms with E-state index in [-0.39, 0.29) is 12.0 Å². The molecule has 1 rings (SSSR count). The molecule has 0 aliphatic carbocycles. The highest BCUT2D eigenvalue weighted by Crippen LogP contribution is 2.28. The van der Waals surface area contributed by atoms with Gasteiger partial charge in [-0.1, -0.05) is 26.0 Å². The normalized spacial score (nSPS) is 13.6. The Morgan fingerprint density at radius 3 is 2.26 bits per heavy atom. The summed E-state index contributed by atoms with van der Waals surface area (Å²) in [6.45, 7) is 11.8. The zero-order valence-corrected chi connectivity index (χ0v) is 12.7. The SMILES string of the molecule is Cc1cc(C)c(C(C)(C)CNCC(O)CO)cc1C. The van der Waals surface area contributed by atoms with Crippen LogP contribution in [0.4, 0.5) is 0 Å². The number of nitrogens with one attached hydrogen (secondary N) is 1. The van der Waals surface area contributed by atoms with E-state index in [0.717, 1.165) is 6.54 Å². The summed E-state index contributed by atoms with van der Waals surface area (Å²) in [6, 6.07) is 4.49. The van der Waals surface area contributed by atoms with Crippen molar-refractivity contribution in [2.75, 3.05) is 19.7 Å². The zero-order valence-electron chi connectivity index (χ0n) is 12.7. The summed E-state index contributed by atoms with van der Waals surface area (Å²) in [5.41, 5.74) is 5.27. The van der Waals surface area contributed by atoms with Crippen LogP contribution in [0.2, 0.25) is 0 Å². The van der Waals surface area contributed by atoms with Gasteiger partial charge in [-0.15, -0.1) is 0 Å². The van der Waals surface area contributed by atoms with E-state index in [9.17, 15) is 5.11 Å². The lowest BCUT2D eigenvalue weighted by atomic mass is 9.80. The number of hydrogen-bond donors (Lipinski definition) is 3. The first-order valence-electron chi connectivity index (χ1n) is 6.86. The molecule has 0 aliphatic heterocycles. The van der Waals surface area contributed by atoms with Gasteiger partial charge in [0.1, 0.15) is 0 Å². The molecule has 3 nitrogen and oxygen atoms in total. The van der Waals surface area contributed by atoms with Crippen LogP contribution in [0.3, 0.4) is 0 Å². The number of hydrogen-bond acceptors (Lipinski definition) is 3.